The molecule has 5 aromatic rings. The van der Waals surface area contributed by atoms with Gasteiger partial charge in [-0.05, 0) is 22.3 Å². The lowest BCUT2D eigenvalue weighted by Gasteiger charge is -2.24. The maximum Gasteiger partial charge on any atom is 0.170 e. The van der Waals surface area contributed by atoms with Crippen LogP contribution < -0.4 is 10.8 Å². The lowest BCUT2D eigenvalue weighted by atomic mass is 9.85. The number of hydrogen-bond donors (Lipinski definition) is 1. The number of nitrogens with zero attached hydrogens (tertiary/aromatic N) is 2. The van der Waals surface area contributed by atoms with Gasteiger partial charge in [-0.1, -0.05) is 139 Å². The Balaban J connectivity index is 1.44. The number of benzene rings is 5. The van der Waals surface area contributed by atoms with Crippen molar-refractivity contribution in [3.63, 3.8) is 0 Å². The molecule has 1 unspecified atom stereocenters. The molecule has 0 aromatic heterocycles. The Morgan fingerprint density at radius 3 is 1.57 bits per heavy atom. The summed E-state index contributed by atoms with van der Waals surface area (Å²) in [6.45, 7) is 0. The molecule has 0 bridgehead atoms. The normalized spacial score (nSPS) is 14.9. The predicted octanol–water partition coefficient (Wildman–Crippen LogP) is 6.31. The zero-order valence-corrected chi connectivity index (χ0v) is 20.3. The first-order valence-corrected chi connectivity index (χ1v) is 12.3. The molecule has 5 aromatic carbocycles. The minimum absolute atomic E-state index is 0.420. The standard InChI is InChI=1S/C33H24BN3/c34-30-18-10-9-16-28(30)27-15-7-8-17-29(27)33-36-31(25-13-5-2-6-14-25)35-32(37-33)26-21-19-24(20-22-26)23-11-3-1-4-12-23/h1-22,33H,(H,35,36,37). The van der Waals surface area contributed by atoms with Gasteiger partial charge in [-0.3, -0.25) is 0 Å². The van der Waals surface area contributed by atoms with Gasteiger partial charge in [-0.15, -0.1) is 0 Å². The van der Waals surface area contributed by atoms with Crippen LogP contribution in [0.4, 0.5) is 0 Å². The van der Waals surface area contributed by atoms with Gasteiger partial charge in [-0.2, -0.15) is 0 Å². The third-order valence-corrected chi connectivity index (χ3v) is 6.54. The highest BCUT2D eigenvalue weighted by Crippen LogP contribution is 2.32. The zero-order valence-electron chi connectivity index (χ0n) is 20.3. The summed E-state index contributed by atoms with van der Waals surface area (Å²) in [4.78, 5) is 10.1. The van der Waals surface area contributed by atoms with Crippen LogP contribution in [0.1, 0.15) is 22.9 Å². The van der Waals surface area contributed by atoms with Crippen molar-refractivity contribution in [1.29, 1.82) is 0 Å². The van der Waals surface area contributed by atoms with E-state index in [1.165, 1.54) is 11.1 Å². The van der Waals surface area contributed by atoms with Crippen LogP contribution in [0.25, 0.3) is 22.3 Å². The molecule has 174 valence electrons. The average Bonchev–Trinajstić information content (AvgIpc) is 2.98. The van der Waals surface area contributed by atoms with E-state index in [0.717, 1.165) is 45.0 Å². The van der Waals surface area contributed by atoms with Crippen molar-refractivity contribution in [2.45, 2.75) is 6.17 Å². The molecule has 1 N–H and O–H groups in total. The first-order valence-electron chi connectivity index (χ1n) is 12.3. The Morgan fingerprint density at radius 1 is 0.459 bits per heavy atom. The second-order valence-corrected chi connectivity index (χ2v) is 8.94. The van der Waals surface area contributed by atoms with Crippen molar-refractivity contribution < 1.29 is 0 Å². The molecule has 2 radical (unpaired) electrons. The number of rotatable bonds is 5. The van der Waals surface area contributed by atoms with E-state index in [4.69, 9.17) is 17.8 Å². The van der Waals surface area contributed by atoms with Gasteiger partial charge in [0.05, 0.1) is 0 Å². The largest absolute Gasteiger partial charge is 0.324 e. The molecule has 0 aliphatic carbocycles. The summed E-state index contributed by atoms with van der Waals surface area (Å²) in [5.74, 6) is 1.58. The molecule has 0 fully saturated rings. The molecule has 0 amide bonds. The molecule has 1 heterocycles. The van der Waals surface area contributed by atoms with E-state index in [1.54, 1.807) is 0 Å². The first-order chi connectivity index (χ1) is 18.3. The van der Waals surface area contributed by atoms with Gasteiger partial charge in [0.1, 0.15) is 19.5 Å². The SMILES string of the molecule is [B]c1ccccc1-c1ccccc1C1N=C(c2ccccc2)NC(c2ccc(-c3ccccc3)cc2)=N1. The van der Waals surface area contributed by atoms with Gasteiger partial charge in [0.25, 0.3) is 0 Å². The molecule has 3 nitrogen and oxygen atoms in total. The van der Waals surface area contributed by atoms with Crippen LogP contribution in [0.2, 0.25) is 0 Å². The minimum Gasteiger partial charge on any atom is -0.324 e. The van der Waals surface area contributed by atoms with Gasteiger partial charge < -0.3 is 5.32 Å². The Bertz CT molecular complexity index is 1590. The highest BCUT2D eigenvalue weighted by Gasteiger charge is 2.23. The highest BCUT2D eigenvalue weighted by molar-refractivity contribution is 6.36. The van der Waals surface area contributed by atoms with Crippen LogP contribution in [0.3, 0.4) is 0 Å². The molecule has 0 saturated heterocycles. The van der Waals surface area contributed by atoms with Gasteiger partial charge in [0.15, 0.2) is 6.17 Å². The van der Waals surface area contributed by atoms with Crippen molar-refractivity contribution in [2.24, 2.45) is 9.98 Å². The monoisotopic (exact) mass is 473 g/mol. The van der Waals surface area contributed by atoms with E-state index < -0.39 is 6.17 Å². The second kappa shape index (κ2) is 10.1. The summed E-state index contributed by atoms with van der Waals surface area (Å²) in [6, 6.07) is 45.2. The van der Waals surface area contributed by atoms with Crippen LogP contribution in [-0.4, -0.2) is 19.5 Å². The van der Waals surface area contributed by atoms with Gasteiger partial charge in [0.2, 0.25) is 0 Å². The summed E-state index contributed by atoms with van der Waals surface area (Å²) >= 11 is 0. The van der Waals surface area contributed by atoms with Gasteiger partial charge in [-0.25, -0.2) is 9.98 Å². The van der Waals surface area contributed by atoms with E-state index in [1.807, 2.05) is 60.7 Å². The van der Waals surface area contributed by atoms with Crippen molar-refractivity contribution in [1.82, 2.24) is 5.32 Å². The number of aliphatic imine (C=N–C) groups is 2. The fraction of sp³-hybridized carbons (Fsp3) is 0.0303. The molecule has 1 atom stereocenters. The van der Waals surface area contributed by atoms with Crippen LogP contribution in [0.5, 0.6) is 0 Å². The van der Waals surface area contributed by atoms with Crippen LogP contribution in [0.15, 0.2) is 143 Å². The molecule has 37 heavy (non-hydrogen) atoms. The fourth-order valence-electron chi connectivity index (χ4n) is 4.64. The number of hydrogen-bond acceptors (Lipinski definition) is 3. The van der Waals surface area contributed by atoms with E-state index >= 15 is 0 Å². The molecule has 4 heteroatoms. The Morgan fingerprint density at radius 2 is 0.919 bits per heavy atom. The average molecular weight is 473 g/mol. The third kappa shape index (κ3) is 4.74. The van der Waals surface area contributed by atoms with E-state index in [0.29, 0.717) is 0 Å². The van der Waals surface area contributed by atoms with Crippen LogP contribution >= 0.6 is 0 Å². The number of amidine groups is 2. The molecular weight excluding hydrogens is 449 g/mol. The summed E-state index contributed by atoms with van der Waals surface area (Å²) < 4.78 is 0. The lowest BCUT2D eigenvalue weighted by molar-refractivity contribution is 0.757. The summed E-state index contributed by atoms with van der Waals surface area (Å²) in [6.07, 6.45) is -0.420. The molecule has 1 aliphatic rings. The van der Waals surface area contributed by atoms with Crippen molar-refractivity contribution >= 4 is 25.0 Å². The summed E-state index contributed by atoms with van der Waals surface area (Å²) in [5, 5.41) is 3.49. The highest BCUT2D eigenvalue weighted by atomic mass is 15.2. The Hall–Kier alpha value is -4.70. The Kier molecular flexibility index (Phi) is 6.22. The first kappa shape index (κ1) is 22.7. The smallest absolute Gasteiger partial charge is 0.170 e. The third-order valence-electron chi connectivity index (χ3n) is 6.54. The molecular formula is C33H24BN3. The van der Waals surface area contributed by atoms with E-state index in [9.17, 15) is 0 Å². The lowest BCUT2D eigenvalue weighted by Crippen LogP contribution is -2.36. The van der Waals surface area contributed by atoms with Crippen molar-refractivity contribution in [3.8, 4) is 22.3 Å². The fourth-order valence-corrected chi connectivity index (χ4v) is 4.64. The predicted molar refractivity (Wildman–Crippen MR) is 155 cm³/mol. The minimum atomic E-state index is -0.420. The van der Waals surface area contributed by atoms with Crippen LogP contribution in [-0.2, 0) is 0 Å². The molecule has 1 aliphatic heterocycles. The van der Waals surface area contributed by atoms with E-state index in [2.05, 4.69) is 78.1 Å². The van der Waals surface area contributed by atoms with Gasteiger partial charge in [0, 0.05) is 16.7 Å². The topological polar surface area (TPSA) is 36.8 Å². The number of nitrogens with one attached hydrogen (secondary N) is 1. The van der Waals surface area contributed by atoms with Crippen molar-refractivity contribution in [2.75, 3.05) is 0 Å². The quantitative estimate of drug-likeness (QED) is 0.299. The van der Waals surface area contributed by atoms with Gasteiger partial charge >= 0.3 is 0 Å². The van der Waals surface area contributed by atoms with E-state index in [-0.39, 0.29) is 0 Å². The second-order valence-electron chi connectivity index (χ2n) is 8.94. The molecule has 6 rings (SSSR count). The maximum absolute atomic E-state index is 6.37. The molecule has 0 saturated carbocycles. The zero-order chi connectivity index (χ0) is 25.0. The van der Waals surface area contributed by atoms with Crippen LogP contribution in [0, 0.1) is 0 Å². The Labute approximate surface area is 218 Å². The summed E-state index contributed by atoms with van der Waals surface area (Å²) in [5.41, 5.74) is 8.13. The summed E-state index contributed by atoms with van der Waals surface area (Å²) in [7, 11) is 6.37. The van der Waals surface area contributed by atoms with Crippen molar-refractivity contribution in [3.05, 3.63) is 150 Å². The molecule has 0 spiro atoms. The maximum atomic E-state index is 6.37.